The standard InChI is InChI=1S/C8H9ClN2O4S/c1-6(16(13,14)15)11(10-12)8-4-2-3-7(9)5-8/h2-6H,1H3,(H,13,14,15)/t6-/m1/s1. The summed E-state index contributed by atoms with van der Waals surface area (Å²) in [5.74, 6) is 0. The average molecular weight is 265 g/mol. The monoisotopic (exact) mass is 264 g/mol. The molecular formula is C8H9ClN2O4S. The van der Waals surface area contributed by atoms with E-state index in [1.807, 2.05) is 0 Å². The lowest BCUT2D eigenvalue weighted by Crippen LogP contribution is -2.34. The minimum absolute atomic E-state index is 0.188. The molecule has 0 spiro atoms. The van der Waals surface area contributed by atoms with Crippen LogP contribution in [0.1, 0.15) is 6.92 Å². The lowest BCUT2D eigenvalue weighted by Gasteiger charge is -2.20. The van der Waals surface area contributed by atoms with Crippen LogP contribution < -0.4 is 5.01 Å². The lowest BCUT2D eigenvalue weighted by molar-refractivity contribution is 0.467. The fourth-order valence-electron chi connectivity index (χ4n) is 1.07. The number of nitroso groups, excluding NO2 is 1. The third kappa shape index (κ3) is 2.91. The number of nitrogens with zero attached hydrogens (tertiary/aromatic N) is 2. The largest absolute Gasteiger partial charge is 0.288 e. The van der Waals surface area contributed by atoms with Crippen molar-refractivity contribution >= 4 is 27.4 Å². The zero-order valence-electron chi connectivity index (χ0n) is 8.24. The van der Waals surface area contributed by atoms with Crippen molar-refractivity contribution in [1.29, 1.82) is 0 Å². The van der Waals surface area contributed by atoms with E-state index < -0.39 is 15.5 Å². The smallest absolute Gasteiger partial charge is 0.284 e. The van der Waals surface area contributed by atoms with Gasteiger partial charge < -0.3 is 0 Å². The molecule has 6 nitrogen and oxygen atoms in total. The molecule has 1 aromatic carbocycles. The quantitative estimate of drug-likeness (QED) is 0.511. The van der Waals surface area contributed by atoms with Crippen LogP contribution in [-0.4, -0.2) is 18.3 Å². The molecule has 0 fully saturated rings. The molecule has 0 aliphatic rings. The SMILES string of the molecule is C[C@H](N(N=O)c1cccc(Cl)c1)S(=O)(=O)O. The van der Waals surface area contributed by atoms with E-state index in [2.05, 4.69) is 5.29 Å². The van der Waals surface area contributed by atoms with Crippen molar-refractivity contribution < 1.29 is 13.0 Å². The lowest BCUT2D eigenvalue weighted by atomic mass is 10.3. The Morgan fingerprint density at radius 3 is 2.56 bits per heavy atom. The van der Waals surface area contributed by atoms with E-state index in [9.17, 15) is 13.3 Å². The van der Waals surface area contributed by atoms with Crippen LogP contribution in [-0.2, 0) is 10.1 Å². The Morgan fingerprint density at radius 2 is 2.12 bits per heavy atom. The van der Waals surface area contributed by atoms with Crippen LogP contribution >= 0.6 is 11.6 Å². The zero-order chi connectivity index (χ0) is 12.3. The second kappa shape index (κ2) is 4.77. The third-order valence-corrected chi connectivity index (χ3v) is 3.23. The van der Waals surface area contributed by atoms with Crippen molar-refractivity contribution in [1.82, 2.24) is 0 Å². The first-order valence-electron chi connectivity index (χ1n) is 4.20. The van der Waals surface area contributed by atoms with Crippen molar-refractivity contribution in [3.8, 4) is 0 Å². The van der Waals surface area contributed by atoms with Crippen LogP contribution in [0.25, 0.3) is 0 Å². The molecule has 1 rings (SSSR count). The topological polar surface area (TPSA) is 87.0 Å². The molecule has 88 valence electrons. The molecule has 8 heteroatoms. The summed E-state index contributed by atoms with van der Waals surface area (Å²) in [4.78, 5) is 10.6. The fourth-order valence-corrected chi connectivity index (χ4v) is 1.67. The molecule has 0 amide bonds. The highest BCUT2D eigenvalue weighted by molar-refractivity contribution is 7.86. The van der Waals surface area contributed by atoms with Crippen molar-refractivity contribution in [3.05, 3.63) is 34.2 Å². The second-order valence-electron chi connectivity index (χ2n) is 3.02. The van der Waals surface area contributed by atoms with Gasteiger partial charge in [0.2, 0.25) is 0 Å². The number of hydrogen-bond acceptors (Lipinski definition) is 4. The summed E-state index contributed by atoms with van der Waals surface area (Å²) in [7, 11) is -4.39. The number of halogens is 1. The normalized spacial score (nSPS) is 13.2. The highest BCUT2D eigenvalue weighted by atomic mass is 35.5. The van der Waals surface area contributed by atoms with Crippen LogP contribution in [0.4, 0.5) is 5.69 Å². The Bertz CT molecular complexity index is 491. The van der Waals surface area contributed by atoms with Gasteiger partial charge in [0.1, 0.15) is 0 Å². The predicted molar refractivity (Wildman–Crippen MR) is 60.7 cm³/mol. The molecule has 0 aromatic heterocycles. The van der Waals surface area contributed by atoms with Crippen molar-refractivity contribution in [2.45, 2.75) is 12.3 Å². The predicted octanol–water partition coefficient (Wildman–Crippen LogP) is 2.06. The molecule has 0 saturated carbocycles. The van der Waals surface area contributed by atoms with E-state index >= 15 is 0 Å². The van der Waals surface area contributed by atoms with Gasteiger partial charge >= 0.3 is 0 Å². The maximum absolute atomic E-state index is 10.9. The first-order chi connectivity index (χ1) is 7.36. The molecule has 0 aliphatic heterocycles. The van der Waals surface area contributed by atoms with E-state index in [1.165, 1.54) is 18.2 Å². The summed E-state index contributed by atoms with van der Waals surface area (Å²) in [6.45, 7) is 1.14. The van der Waals surface area contributed by atoms with Gasteiger partial charge in [-0.1, -0.05) is 17.7 Å². The van der Waals surface area contributed by atoms with E-state index in [0.29, 0.717) is 10.0 Å². The maximum Gasteiger partial charge on any atom is 0.288 e. The van der Waals surface area contributed by atoms with Crippen LogP contribution in [0.15, 0.2) is 29.6 Å². The van der Waals surface area contributed by atoms with Crippen LogP contribution in [0, 0.1) is 4.91 Å². The number of anilines is 1. The zero-order valence-corrected chi connectivity index (χ0v) is 9.81. The Balaban J connectivity index is 3.13. The van der Waals surface area contributed by atoms with Crippen LogP contribution in [0.5, 0.6) is 0 Å². The van der Waals surface area contributed by atoms with Gasteiger partial charge in [-0.05, 0) is 25.1 Å². The van der Waals surface area contributed by atoms with Crippen LogP contribution in [0.3, 0.4) is 0 Å². The van der Waals surface area contributed by atoms with Gasteiger partial charge in [0, 0.05) is 5.02 Å². The van der Waals surface area contributed by atoms with Crippen molar-refractivity contribution in [2.24, 2.45) is 5.29 Å². The fraction of sp³-hybridized carbons (Fsp3) is 0.250. The summed E-state index contributed by atoms with van der Waals surface area (Å²) < 4.78 is 30.6. The average Bonchev–Trinajstić information content (AvgIpc) is 2.17. The van der Waals surface area contributed by atoms with Gasteiger partial charge in [-0.3, -0.25) is 4.55 Å². The van der Waals surface area contributed by atoms with Gasteiger partial charge in [0.15, 0.2) is 5.37 Å². The molecule has 1 atom stereocenters. The highest BCUT2D eigenvalue weighted by Gasteiger charge is 2.26. The Hall–Kier alpha value is -1.18. The Kier molecular flexibility index (Phi) is 3.84. The minimum atomic E-state index is -4.39. The first-order valence-corrected chi connectivity index (χ1v) is 6.08. The molecule has 0 radical (unpaired) electrons. The maximum atomic E-state index is 10.9. The van der Waals surface area contributed by atoms with E-state index in [1.54, 1.807) is 6.07 Å². The molecule has 0 bridgehead atoms. The van der Waals surface area contributed by atoms with Gasteiger partial charge in [-0.2, -0.15) is 8.42 Å². The second-order valence-corrected chi connectivity index (χ2v) is 5.17. The van der Waals surface area contributed by atoms with E-state index in [-0.39, 0.29) is 5.69 Å². The molecular weight excluding hydrogens is 256 g/mol. The summed E-state index contributed by atoms with van der Waals surface area (Å²) in [6, 6.07) is 5.91. The number of hydrogen-bond donors (Lipinski definition) is 1. The number of benzene rings is 1. The Morgan fingerprint density at radius 1 is 1.50 bits per heavy atom. The molecule has 0 unspecified atom stereocenters. The molecule has 1 N–H and O–H groups in total. The molecule has 0 heterocycles. The molecule has 16 heavy (non-hydrogen) atoms. The molecule has 0 saturated heterocycles. The third-order valence-electron chi connectivity index (χ3n) is 1.94. The number of rotatable bonds is 4. The minimum Gasteiger partial charge on any atom is -0.284 e. The van der Waals surface area contributed by atoms with E-state index in [0.717, 1.165) is 6.92 Å². The van der Waals surface area contributed by atoms with E-state index in [4.69, 9.17) is 16.2 Å². The summed E-state index contributed by atoms with van der Waals surface area (Å²) >= 11 is 5.68. The first kappa shape index (κ1) is 12.9. The van der Waals surface area contributed by atoms with Crippen LogP contribution in [0.2, 0.25) is 5.02 Å². The highest BCUT2D eigenvalue weighted by Crippen LogP contribution is 2.23. The van der Waals surface area contributed by atoms with Gasteiger partial charge in [-0.15, -0.1) is 4.91 Å². The van der Waals surface area contributed by atoms with Crippen molar-refractivity contribution in [3.63, 3.8) is 0 Å². The molecule has 0 aliphatic carbocycles. The van der Waals surface area contributed by atoms with Gasteiger partial charge in [0.25, 0.3) is 10.1 Å². The molecule has 1 aromatic rings. The summed E-state index contributed by atoms with van der Waals surface area (Å²) in [6.07, 6.45) is 0. The van der Waals surface area contributed by atoms with Gasteiger partial charge in [-0.25, -0.2) is 5.01 Å². The van der Waals surface area contributed by atoms with Gasteiger partial charge in [0.05, 0.1) is 11.0 Å². The van der Waals surface area contributed by atoms with Crippen molar-refractivity contribution in [2.75, 3.05) is 5.01 Å². The Labute approximate surface area is 97.5 Å². The summed E-state index contributed by atoms with van der Waals surface area (Å²) in [5.41, 5.74) is 0.188. The summed E-state index contributed by atoms with van der Waals surface area (Å²) in [5, 5.41) is 2.04.